The average Bonchev–Trinajstić information content (AvgIpc) is 2.45. The van der Waals surface area contributed by atoms with Crippen LogP contribution in [-0.2, 0) is 6.42 Å². The maximum absolute atomic E-state index is 12.4. The monoisotopic (exact) mass is 307 g/mol. The summed E-state index contributed by atoms with van der Waals surface area (Å²) in [4.78, 5) is 23.7. The van der Waals surface area contributed by atoms with E-state index in [1.165, 1.54) is 19.4 Å². The number of hydrogen-bond acceptors (Lipinski definition) is 3. The first-order chi connectivity index (χ1) is 9.95. The number of pyridine rings is 1. The van der Waals surface area contributed by atoms with Crippen molar-refractivity contribution >= 4 is 28.5 Å². The molecule has 1 aliphatic heterocycles. The van der Waals surface area contributed by atoms with Crippen LogP contribution >= 0.6 is 11.6 Å². The fourth-order valence-electron chi connectivity index (χ4n) is 2.92. The summed E-state index contributed by atoms with van der Waals surface area (Å²) in [5, 5.41) is 10.1. The summed E-state index contributed by atoms with van der Waals surface area (Å²) >= 11 is 6.34. The van der Waals surface area contributed by atoms with Crippen molar-refractivity contribution < 1.29 is 14.6 Å². The van der Waals surface area contributed by atoms with Crippen LogP contribution in [0.3, 0.4) is 0 Å². The van der Waals surface area contributed by atoms with E-state index in [4.69, 9.17) is 16.3 Å². The number of aromatic nitrogens is 1. The quantitative estimate of drug-likeness (QED) is 0.926. The first kappa shape index (κ1) is 13.9. The van der Waals surface area contributed by atoms with E-state index >= 15 is 0 Å². The van der Waals surface area contributed by atoms with Gasteiger partial charge in [0.2, 0.25) is 5.43 Å². The topological polar surface area (TPSA) is 68.5 Å². The van der Waals surface area contributed by atoms with Gasteiger partial charge in [0.05, 0.1) is 23.0 Å². The lowest BCUT2D eigenvalue weighted by atomic mass is 9.95. The van der Waals surface area contributed by atoms with Gasteiger partial charge in [-0.25, -0.2) is 4.79 Å². The first-order valence-electron chi connectivity index (χ1n) is 6.63. The molecule has 1 atom stereocenters. The second-order valence-corrected chi connectivity index (χ2v) is 5.62. The second kappa shape index (κ2) is 4.77. The summed E-state index contributed by atoms with van der Waals surface area (Å²) in [7, 11) is 1.48. The molecule has 2 heterocycles. The van der Waals surface area contributed by atoms with Crippen molar-refractivity contribution in [2.75, 3.05) is 7.11 Å². The summed E-state index contributed by atoms with van der Waals surface area (Å²) in [6.45, 7) is 2.00. The SMILES string of the molecule is COc1cc2c(=O)c(C(=O)O)cn3c2c(c1Cl)CCC3C. The highest BCUT2D eigenvalue weighted by molar-refractivity contribution is 6.34. The summed E-state index contributed by atoms with van der Waals surface area (Å²) in [5.74, 6) is -0.821. The number of nitrogens with zero attached hydrogens (tertiary/aromatic N) is 1. The molecule has 1 aromatic heterocycles. The molecule has 0 aliphatic carbocycles. The van der Waals surface area contributed by atoms with Gasteiger partial charge in [0.1, 0.15) is 11.3 Å². The molecule has 0 saturated carbocycles. The molecule has 0 saturated heterocycles. The molecule has 0 radical (unpaired) electrons. The van der Waals surface area contributed by atoms with Gasteiger partial charge >= 0.3 is 5.97 Å². The Balaban J connectivity index is 2.54. The zero-order chi connectivity index (χ0) is 15.3. The number of halogens is 1. The lowest BCUT2D eigenvalue weighted by molar-refractivity contribution is 0.0694. The van der Waals surface area contributed by atoms with Crippen LogP contribution in [-0.4, -0.2) is 22.8 Å². The summed E-state index contributed by atoms with van der Waals surface area (Å²) in [5.41, 5.74) is 0.832. The van der Waals surface area contributed by atoms with E-state index in [2.05, 4.69) is 0 Å². The Morgan fingerprint density at radius 1 is 1.52 bits per heavy atom. The molecule has 1 aromatic carbocycles. The van der Waals surface area contributed by atoms with Gasteiger partial charge in [-0.3, -0.25) is 4.79 Å². The normalized spacial score (nSPS) is 17.0. The predicted molar refractivity (Wildman–Crippen MR) is 79.8 cm³/mol. The van der Waals surface area contributed by atoms with Gasteiger partial charge in [-0.2, -0.15) is 0 Å². The van der Waals surface area contributed by atoms with Crippen LogP contribution in [0.15, 0.2) is 17.1 Å². The standard InChI is InChI=1S/C15H14ClNO4/c1-7-3-4-8-12(16)11(21-2)5-9-13(8)17(7)6-10(14(9)18)15(19)20/h5-7H,3-4H2,1-2H3,(H,19,20). The van der Waals surface area contributed by atoms with Gasteiger partial charge in [0.15, 0.2) is 0 Å². The largest absolute Gasteiger partial charge is 0.495 e. The predicted octanol–water partition coefficient (Wildman–Crippen LogP) is 2.87. The highest BCUT2D eigenvalue weighted by Crippen LogP contribution is 2.39. The number of rotatable bonds is 2. The van der Waals surface area contributed by atoms with Gasteiger partial charge in [-0.15, -0.1) is 0 Å². The summed E-state index contributed by atoms with van der Waals surface area (Å²) in [6.07, 6.45) is 2.99. The van der Waals surface area contributed by atoms with Crippen molar-refractivity contribution in [1.82, 2.24) is 4.57 Å². The van der Waals surface area contributed by atoms with Crippen molar-refractivity contribution in [3.8, 4) is 5.75 Å². The zero-order valence-electron chi connectivity index (χ0n) is 11.6. The molecule has 1 aliphatic rings. The number of methoxy groups -OCH3 is 1. The third kappa shape index (κ3) is 1.92. The molecule has 0 amide bonds. The molecule has 1 unspecified atom stereocenters. The van der Waals surface area contributed by atoms with Gasteiger partial charge in [0.25, 0.3) is 0 Å². The second-order valence-electron chi connectivity index (χ2n) is 5.24. The van der Waals surface area contributed by atoms with E-state index in [9.17, 15) is 14.7 Å². The molecule has 0 spiro atoms. The third-order valence-electron chi connectivity index (χ3n) is 4.05. The molecule has 6 heteroatoms. The number of hydrogen-bond donors (Lipinski definition) is 1. The Labute approximate surface area is 125 Å². The van der Waals surface area contributed by atoms with E-state index in [1.54, 1.807) is 0 Å². The minimum absolute atomic E-state index is 0.114. The lowest BCUT2D eigenvalue weighted by Gasteiger charge is -2.27. The minimum Gasteiger partial charge on any atom is -0.495 e. The van der Waals surface area contributed by atoms with Crippen molar-refractivity contribution in [1.29, 1.82) is 0 Å². The number of benzene rings is 1. The van der Waals surface area contributed by atoms with Crippen LogP contribution in [0.4, 0.5) is 0 Å². The van der Waals surface area contributed by atoms with E-state index in [1.807, 2.05) is 11.5 Å². The van der Waals surface area contributed by atoms with Gasteiger partial charge in [-0.1, -0.05) is 11.6 Å². The number of carboxylic acid groups (broad SMARTS) is 1. The Morgan fingerprint density at radius 3 is 2.86 bits per heavy atom. The molecule has 21 heavy (non-hydrogen) atoms. The number of ether oxygens (including phenoxy) is 1. The van der Waals surface area contributed by atoms with Gasteiger partial charge < -0.3 is 14.4 Å². The van der Waals surface area contributed by atoms with Crippen LogP contribution in [0, 0.1) is 0 Å². The molecule has 0 bridgehead atoms. The molecular formula is C15H14ClNO4. The van der Waals surface area contributed by atoms with E-state index in [0.29, 0.717) is 16.2 Å². The third-order valence-corrected chi connectivity index (χ3v) is 4.46. The van der Waals surface area contributed by atoms with Crippen LogP contribution < -0.4 is 10.2 Å². The number of aromatic carboxylic acids is 1. The molecule has 110 valence electrons. The number of carbonyl (C=O) groups is 1. The Kier molecular flexibility index (Phi) is 3.17. The molecular weight excluding hydrogens is 294 g/mol. The van der Waals surface area contributed by atoms with Crippen molar-refractivity contribution in [3.05, 3.63) is 38.6 Å². The average molecular weight is 308 g/mol. The number of aryl methyl sites for hydroxylation is 1. The van der Waals surface area contributed by atoms with Crippen molar-refractivity contribution in [2.24, 2.45) is 0 Å². The van der Waals surface area contributed by atoms with Crippen LogP contribution in [0.1, 0.15) is 35.3 Å². The van der Waals surface area contributed by atoms with Crippen molar-refractivity contribution in [2.45, 2.75) is 25.8 Å². The van der Waals surface area contributed by atoms with E-state index in [0.717, 1.165) is 23.9 Å². The van der Waals surface area contributed by atoms with E-state index in [-0.39, 0.29) is 11.6 Å². The maximum atomic E-state index is 12.4. The smallest absolute Gasteiger partial charge is 0.341 e. The van der Waals surface area contributed by atoms with Gasteiger partial charge in [0, 0.05) is 12.2 Å². The minimum atomic E-state index is -1.22. The molecule has 0 fully saturated rings. The Hall–Kier alpha value is -2.01. The molecule has 3 rings (SSSR count). The lowest BCUT2D eigenvalue weighted by Crippen LogP contribution is -2.24. The van der Waals surface area contributed by atoms with E-state index < -0.39 is 11.4 Å². The highest BCUT2D eigenvalue weighted by Gasteiger charge is 2.26. The maximum Gasteiger partial charge on any atom is 0.341 e. The van der Waals surface area contributed by atoms with Crippen LogP contribution in [0.2, 0.25) is 5.02 Å². The zero-order valence-corrected chi connectivity index (χ0v) is 12.4. The fraction of sp³-hybridized carbons (Fsp3) is 0.333. The van der Waals surface area contributed by atoms with Crippen LogP contribution in [0.5, 0.6) is 5.75 Å². The fourth-order valence-corrected chi connectivity index (χ4v) is 3.24. The summed E-state index contributed by atoms with van der Waals surface area (Å²) in [6, 6.07) is 1.65. The molecule has 1 N–H and O–H groups in total. The number of carboxylic acids is 1. The van der Waals surface area contributed by atoms with Crippen molar-refractivity contribution in [3.63, 3.8) is 0 Å². The Bertz CT molecular complexity index is 825. The summed E-state index contributed by atoms with van der Waals surface area (Å²) < 4.78 is 7.05. The molecule has 2 aromatic rings. The van der Waals surface area contributed by atoms with Gasteiger partial charge in [-0.05, 0) is 31.4 Å². The van der Waals surface area contributed by atoms with Crippen LogP contribution in [0.25, 0.3) is 10.9 Å². The highest BCUT2D eigenvalue weighted by atomic mass is 35.5. The first-order valence-corrected chi connectivity index (χ1v) is 7.01. The Morgan fingerprint density at radius 2 is 2.24 bits per heavy atom. The molecule has 5 nitrogen and oxygen atoms in total.